The second-order valence-electron chi connectivity index (χ2n) is 8.18. The van der Waals surface area contributed by atoms with E-state index in [-0.39, 0.29) is 16.7 Å². The fraction of sp³-hybridized carbons (Fsp3) is 0.435. The van der Waals surface area contributed by atoms with Crippen LogP contribution < -0.4 is 4.74 Å². The largest absolute Gasteiger partial charge is 0.497 e. The van der Waals surface area contributed by atoms with E-state index in [4.69, 9.17) is 16.3 Å². The van der Waals surface area contributed by atoms with Crippen LogP contribution in [0, 0.1) is 5.92 Å². The third kappa shape index (κ3) is 5.05. The topological polar surface area (TPSA) is 66.9 Å². The monoisotopic (exact) mass is 462 g/mol. The minimum atomic E-state index is -3.57. The van der Waals surface area contributed by atoms with Crippen molar-refractivity contribution in [2.24, 2.45) is 5.92 Å². The first kappa shape index (κ1) is 22.1. The Balaban J connectivity index is 1.39. The number of rotatable bonds is 7. The number of hydrogen-bond acceptors (Lipinski definition) is 4. The van der Waals surface area contributed by atoms with Crippen molar-refractivity contribution in [1.29, 1.82) is 0 Å². The average molecular weight is 463 g/mol. The number of carbonyl (C=O) groups is 1. The van der Waals surface area contributed by atoms with Gasteiger partial charge in [0.15, 0.2) is 0 Å². The van der Waals surface area contributed by atoms with Gasteiger partial charge in [0.1, 0.15) is 5.75 Å². The summed E-state index contributed by atoms with van der Waals surface area (Å²) in [6.45, 7) is 1.28. The van der Waals surface area contributed by atoms with Gasteiger partial charge in [-0.25, -0.2) is 8.42 Å². The van der Waals surface area contributed by atoms with E-state index in [0.717, 1.165) is 24.2 Å². The molecule has 1 aliphatic heterocycles. The predicted octanol–water partition coefficient (Wildman–Crippen LogP) is 3.94. The summed E-state index contributed by atoms with van der Waals surface area (Å²) in [6.07, 6.45) is 3.15. The minimum absolute atomic E-state index is 0.141. The van der Waals surface area contributed by atoms with E-state index in [1.807, 2.05) is 29.2 Å². The molecule has 8 heteroatoms. The van der Waals surface area contributed by atoms with Gasteiger partial charge in [0.05, 0.1) is 12.0 Å². The molecule has 2 aromatic carbocycles. The minimum Gasteiger partial charge on any atom is -0.497 e. The molecular formula is C23H27ClN2O4S. The van der Waals surface area contributed by atoms with E-state index in [1.165, 1.54) is 16.4 Å². The van der Waals surface area contributed by atoms with E-state index < -0.39 is 10.0 Å². The number of halogens is 1. The first-order valence-electron chi connectivity index (χ1n) is 10.6. The summed E-state index contributed by atoms with van der Waals surface area (Å²) in [5, 5.41) is 0.500. The average Bonchev–Trinajstić information content (AvgIpc) is 3.63. The van der Waals surface area contributed by atoms with Crippen LogP contribution >= 0.6 is 11.6 Å². The smallest absolute Gasteiger partial charge is 0.243 e. The molecule has 1 saturated heterocycles. The number of amides is 1. The van der Waals surface area contributed by atoms with E-state index in [9.17, 15) is 13.2 Å². The number of hydrogen-bond donors (Lipinski definition) is 0. The molecule has 0 aromatic heterocycles. The van der Waals surface area contributed by atoms with Crippen LogP contribution in [-0.2, 0) is 21.4 Å². The Morgan fingerprint density at radius 3 is 2.19 bits per heavy atom. The lowest BCUT2D eigenvalue weighted by atomic mass is 9.96. The first-order chi connectivity index (χ1) is 14.9. The van der Waals surface area contributed by atoms with Gasteiger partial charge in [0.25, 0.3) is 0 Å². The van der Waals surface area contributed by atoms with Gasteiger partial charge in [-0.3, -0.25) is 4.79 Å². The van der Waals surface area contributed by atoms with Crippen molar-refractivity contribution >= 4 is 27.5 Å². The molecule has 0 radical (unpaired) electrons. The standard InChI is InChI=1S/C23H27ClN2O4S/c1-30-21-8-2-17(3-9-21)16-26(20-6-7-20)23(27)18-12-14-25(15-13-18)31(28,29)22-10-4-19(24)5-11-22/h2-5,8-11,18,20H,6-7,12-16H2,1H3. The van der Waals surface area contributed by atoms with Gasteiger partial charge in [-0.15, -0.1) is 0 Å². The fourth-order valence-corrected chi connectivity index (χ4v) is 5.63. The van der Waals surface area contributed by atoms with Gasteiger partial charge >= 0.3 is 0 Å². The summed E-state index contributed by atoms with van der Waals surface area (Å²) >= 11 is 5.88. The molecule has 2 aromatic rings. The second-order valence-corrected chi connectivity index (χ2v) is 10.6. The zero-order valence-corrected chi connectivity index (χ0v) is 19.1. The number of ether oxygens (including phenoxy) is 1. The molecule has 0 atom stereocenters. The summed E-state index contributed by atoms with van der Waals surface area (Å²) in [6, 6.07) is 14.3. The fourth-order valence-electron chi connectivity index (χ4n) is 4.03. The highest BCUT2D eigenvalue weighted by atomic mass is 35.5. The number of sulfonamides is 1. The number of methoxy groups -OCH3 is 1. The number of benzene rings is 2. The van der Waals surface area contributed by atoms with Crippen molar-refractivity contribution in [2.45, 2.75) is 43.2 Å². The summed E-state index contributed by atoms with van der Waals surface area (Å²) < 4.78 is 32.5. The highest BCUT2D eigenvalue weighted by molar-refractivity contribution is 7.89. The van der Waals surface area contributed by atoms with Crippen molar-refractivity contribution in [2.75, 3.05) is 20.2 Å². The lowest BCUT2D eigenvalue weighted by Gasteiger charge is -2.34. The summed E-state index contributed by atoms with van der Waals surface area (Å²) in [7, 11) is -1.94. The van der Waals surface area contributed by atoms with Crippen LogP contribution in [-0.4, -0.2) is 49.8 Å². The lowest BCUT2D eigenvalue weighted by Crippen LogP contribution is -2.44. The molecular weight excluding hydrogens is 436 g/mol. The van der Waals surface area contributed by atoms with Crippen LogP contribution in [0.5, 0.6) is 5.75 Å². The quantitative estimate of drug-likeness (QED) is 0.625. The molecule has 1 amide bonds. The van der Waals surface area contributed by atoms with Gasteiger partial charge in [-0.2, -0.15) is 4.31 Å². The molecule has 1 heterocycles. The molecule has 2 fully saturated rings. The molecule has 31 heavy (non-hydrogen) atoms. The zero-order valence-electron chi connectivity index (χ0n) is 17.5. The van der Waals surface area contributed by atoms with Crippen LogP contribution in [0.4, 0.5) is 0 Å². The summed E-state index contributed by atoms with van der Waals surface area (Å²) in [5.41, 5.74) is 1.07. The van der Waals surface area contributed by atoms with Gasteiger partial charge in [0.2, 0.25) is 15.9 Å². The van der Waals surface area contributed by atoms with Crippen molar-refractivity contribution in [1.82, 2.24) is 9.21 Å². The van der Waals surface area contributed by atoms with E-state index in [1.54, 1.807) is 19.2 Å². The normalized spacial score (nSPS) is 18.0. The predicted molar refractivity (Wildman–Crippen MR) is 120 cm³/mol. The van der Waals surface area contributed by atoms with E-state index in [0.29, 0.717) is 43.5 Å². The van der Waals surface area contributed by atoms with Crippen molar-refractivity contribution in [3.8, 4) is 5.75 Å². The lowest BCUT2D eigenvalue weighted by molar-refractivity contribution is -0.138. The third-order valence-corrected chi connectivity index (χ3v) is 8.20. The van der Waals surface area contributed by atoms with Crippen LogP contribution in [0.2, 0.25) is 5.02 Å². The van der Waals surface area contributed by atoms with Crippen LogP contribution in [0.3, 0.4) is 0 Å². The summed E-state index contributed by atoms with van der Waals surface area (Å²) in [4.78, 5) is 15.5. The Bertz CT molecular complexity index is 1010. The molecule has 2 aliphatic rings. The zero-order chi connectivity index (χ0) is 22.0. The maximum Gasteiger partial charge on any atom is 0.243 e. The Kier molecular flexibility index (Phi) is 6.55. The van der Waals surface area contributed by atoms with E-state index in [2.05, 4.69) is 0 Å². The highest BCUT2D eigenvalue weighted by Crippen LogP contribution is 2.33. The maximum absolute atomic E-state index is 13.3. The van der Waals surface area contributed by atoms with Gasteiger partial charge < -0.3 is 9.64 Å². The molecule has 4 rings (SSSR count). The van der Waals surface area contributed by atoms with Gasteiger partial charge in [0, 0.05) is 36.6 Å². The molecule has 0 bridgehead atoms. The van der Waals surface area contributed by atoms with Crippen molar-refractivity contribution < 1.29 is 17.9 Å². The van der Waals surface area contributed by atoms with Crippen LogP contribution in [0.15, 0.2) is 53.4 Å². The van der Waals surface area contributed by atoms with Crippen LogP contribution in [0.25, 0.3) is 0 Å². The number of carbonyl (C=O) groups excluding carboxylic acids is 1. The summed E-state index contributed by atoms with van der Waals surface area (Å²) in [5.74, 6) is 0.791. The van der Waals surface area contributed by atoms with Crippen molar-refractivity contribution in [3.05, 3.63) is 59.1 Å². The molecule has 166 valence electrons. The number of piperidine rings is 1. The Hall–Kier alpha value is -2.09. The van der Waals surface area contributed by atoms with E-state index >= 15 is 0 Å². The molecule has 0 spiro atoms. The maximum atomic E-state index is 13.3. The second kappa shape index (κ2) is 9.18. The molecule has 6 nitrogen and oxygen atoms in total. The molecule has 0 N–H and O–H groups in total. The van der Waals surface area contributed by atoms with Crippen LogP contribution in [0.1, 0.15) is 31.2 Å². The molecule has 0 unspecified atom stereocenters. The van der Waals surface area contributed by atoms with Crippen molar-refractivity contribution in [3.63, 3.8) is 0 Å². The third-order valence-electron chi connectivity index (χ3n) is 6.04. The van der Waals surface area contributed by atoms with Gasteiger partial charge in [-0.05, 0) is 67.6 Å². The first-order valence-corrected chi connectivity index (χ1v) is 12.4. The Morgan fingerprint density at radius 1 is 1.03 bits per heavy atom. The highest BCUT2D eigenvalue weighted by Gasteiger charge is 2.38. The molecule has 1 aliphatic carbocycles. The Labute approximate surface area is 188 Å². The van der Waals surface area contributed by atoms with Gasteiger partial charge in [-0.1, -0.05) is 23.7 Å². The SMILES string of the molecule is COc1ccc(CN(C(=O)C2CCN(S(=O)(=O)c3ccc(Cl)cc3)CC2)C2CC2)cc1. The Morgan fingerprint density at radius 2 is 1.65 bits per heavy atom. The number of nitrogens with zero attached hydrogens (tertiary/aromatic N) is 2. The molecule has 1 saturated carbocycles.